The molecule has 2 aromatic heterocycles. The first-order valence-corrected chi connectivity index (χ1v) is 9.62. The predicted octanol–water partition coefficient (Wildman–Crippen LogP) is 1.91. The van der Waals surface area contributed by atoms with E-state index in [1.807, 2.05) is 46.7 Å². The molecule has 7 heteroatoms. The number of thiophene rings is 1. The standard InChI is InChI=1S/C19H21N5OS/c20-15(12-14-4-2-1-3-5-14)19(25)24-9-7-23(8-10-24)18-17-16(6-11-26-17)21-13-22-18/h1-6,11,13,15H,7-10,12,20H2. The Hall–Kier alpha value is -2.51. The van der Waals surface area contributed by atoms with Crippen LogP contribution in [0.5, 0.6) is 0 Å². The van der Waals surface area contributed by atoms with E-state index in [4.69, 9.17) is 5.73 Å². The van der Waals surface area contributed by atoms with Gasteiger partial charge in [0.15, 0.2) is 0 Å². The number of anilines is 1. The molecule has 2 N–H and O–H groups in total. The molecular weight excluding hydrogens is 346 g/mol. The maximum Gasteiger partial charge on any atom is 0.239 e. The van der Waals surface area contributed by atoms with Gasteiger partial charge >= 0.3 is 0 Å². The molecular formula is C19H21N5OS. The number of hydrogen-bond acceptors (Lipinski definition) is 6. The second-order valence-corrected chi connectivity index (χ2v) is 7.36. The summed E-state index contributed by atoms with van der Waals surface area (Å²) in [4.78, 5) is 25.5. The van der Waals surface area contributed by atoms with E-state index in [0.29, 0.717) is 19.5 Å². The smallest absolute Gasteiger partial charge is 0.239 e. The Morgan fingerprint density at radius 2 is 1.88 bits per heavy atom. The number of hydrogen-bond donors (Lipinski definition) is 1. The van der Waals surface area contributed by atoms with Crippen molar-refractivity contribution >= 4 is 33.3 Å². The van der Waals surface area contributed by atoms with Gasteiger partial charge in [-0.2, -0.15) is 0 Å². The molecule has 0 aliphatic carbocycles. The monoisotopic (exact) mass is 367 g/mol. The molecule has 0 bridgehead atoms. The predicted molar refractivity (Wildman–Crippen MR) is 104 cm³/mol. The number of nitrogens with two attached hydrogens (primary N) is 1. The van der Waals surface area contributed by atoms with Crippen LogP contribution < -0.4 is 10.6 Å². The van der Waals surface area contributed by atoms with Crippen molar-refractivity contribution in [3.8, 4) is 0 Å². The summed E-state index contributed by atoms with van der Waals surface area (Å²) in [6.07, 6.45) is 2.18. The van der Waals surface area contributed by atoms with Crippen LogP contribution >= 0.6 is 11.3 Å². The van der Waals surface area contributed by atoms with Crippen molar-refractivity contribution in [2.45, 2.75) is 12.5 Å². The van der Waals surface area contributed by atoms with Gasteiger partial charge in [-0.1, -0.05) is 30.3 Å². The van der Waals surface area contributed by atoms with Crippen LogP contribution in [0.1, 0.15) is 5.56 Å². The summed E-state index contributed by atoms with van der Waals surface area (Å²) in [5.74, 6) is 0.989. The Bertz CT molecular complexity index is 889. The van der Waals surface area contributed by atoms with Crippen molar-refractivity contribution in [2.24, 2.45) is 5.73 Å². The largest absolute Gasteiger partial charge is 0.352 e. The van der Waals surface area contributed by atoms with Crippen LogP contribution in [-0.4, -0.2) is 53.0 Å². The lowest BCUT2D eigenvalue weighted by atomic mass is 10.1. The molecule has 134 valence electrons. The highest BCUT2D eigenvalue weighted by Gasteiger charge is 2.26. The molecule has 3 aromatic rings. The van der Waals surface area contributed by atoms with E-state index in [-0.39, 0.29) is 5.91 Å². The number of nitrogens with zero attached hydrogens (tertiary/aromatic N) is 4. The summed E-state index contributed by atoms with van der Waals surface area (Å²) in [6, 6.07) is 11.4. The third kappa shape index (κ3) is 3.40. The molecule has 1 unspecified atom stereocenters. The lowest BCUT2D eigenvalue weighted by Gasteiger charge is -2.36. The van der Waals surface area contributed by atoms with Gasteiger partial charge in [0.2, 0.25) is 5.91 Å². The first kappa shape index (κ1) is 16.9. The van der Waals surface area contributed by atoms with Gasteiger partial charge in [-0.15, -0.1) is 11.3 Å². The van der Waals surface area contributed by atoms with Gasteiger partial charge in [-0.05, 0) is 23.4 Å². The molecule has 26 heavy (non-hydrogen) atoms. The van der Waals surface area contributed by atoms with E-state index in [0.717, 1.165) is 34.7 Å². The Kier molecular flexibility index (Phi) is 4.81. The lowest BCUT2D eigenvalue weighted by Crippen LogP contribution is -2.53. The van der Waals surface area contributed by atoms with Crippen LogP contribution in [0, 0.1) is 0 Å². The fraction of sp³-hybridized carbons (Fsp3) is 0.316. The van der Waals surface area contributed by atoms with Crippen LogP contribution in [0.2, 0.25) is 0 Å². The van der Waals surface area contributed by atoms with Crippen molar-refractivity contribution in [2.75, 3.05) is 31.1 Å². The number of piperazine rings is 1. The van der Waals surface area contributed by atoms with Crippen LogP contribution in [0.15, 0.2) is 48.1 Å². The molecule has 6 nitrogen and oxygen atoms in total. The molecule has 1 amide bonds. The van der Waals surface area contributed by atoms with Crippen molar-refractivity contribution < 1.29 is 4.79 Å². The fourth-order valence-electron chi connectivity index (χ4n) is 3.33. The third-order valence-corrected chi connectivity index (χ3v) is 5.63. The lowest BCUT2D eigenvalue weighted by molar-refractivity contribution is -0.132. The van der Waals surface area contributed by atoms with Crippen molar-refractivity contribution in [3.63, 3.8) is 0 Å². The molecule has 1 aliphatic rings. The highest BCUT2D eigenvalue weighted by Crippen LogP contribution is 2.28. The third-order valence-electron chi connectivity index (χ3n) is 4.73. The number of amides is 1. The number of fused-ring (bicyclic) bond motifs is 1. The first-order chi connectivity index (χ1) is 12.7. The highest BCUT2D eigenvalue weighted by molar-refractivity contribution is 7.17. The Labute approximate surface area is 156 Å². The van der Waals surface area contributed by atoms with Gasteiger partial charge in [0, 0.05) is 26.2 Å². The summed E-state index contributed by atoms with van der Waals surface area (Å²) in [6.45, 7) is 2.85. The van der Waals surface area contributed by atoms with E-state index >= 15 is 0 Å². The maximum absolute atomic E-state index is 12.7. The van der Waals surface area contributed by atoms with Crippen LogP contribution in [0.3, 0.4) is 0 Å². The minimum absolute atomic E-state index is 0.0254. The number of carbonyl (C=O) groups is 1. The minimum Gasteiger partial charge on any atom is -0.352 e. The number of rotatable bonds is 4. The van der Waals surface area contributed by atoms with E-state index < -0.39 is 6.04 Å². The summed E-state index contributed by atoms with van der Waals surface area (Å²) in [5, 5.41) is 2.03. The van der Waals surface area contributed by atoms with Crippen LogP contribution in [0.4, 0.5) is 5.82 Å². The molecule has 0 spiro atoms. The zero-order valence-electron chi connectivity index (χ0n) is 14.4. The average Bonchev–Trinajstić information content (AvgIpc) is 3.17. The van der Waals surface area contributed by atoms with Crippen molar-refractivity contribution in [3.05, 3.63) is 53.7 Å². The fourth-order valence-corrected chi connectivity index (χ4v) is 4.19. The second-order valence-electron chi connectivity index (χ2n) is 6.44. The van der Waals surface area contributed by atoms with Crippen LogP contribution in [-0.2, 0) is 11.2 Å². The van der Waals surface area contributed by atoms with E-state index in [9.17, 15) is 4.79 Å². The van der Waals surface area contributed by atoms with Crippen LogP contribution in [0.25, 0.3) is 10.2 Å². The topological polar surface area (TPSA) is 75.4 Å². The highest BCUT2D eigenvalue weighted by atomic mass is 32.1. The second kappa shape index (κ2) is 7.39. The molecule has 1 aromatic carbocycles. The molecule has 0 radical (unpaired) electrons. The van der Waals surface area contributed by atoms with Gasteiger partial charge in [0.05, 0.1) is 16.3 Å². The molecule has 1 atom stereocenters. The molecule has 4 rings (SSSR count). The van der Waals surface area contributed by atoms with Gasteiger partial charge in [-0.25, -0.2) is 9.97 Å². The number of benzene rings is 1. The average molecular weight is 367 g/mol. The van der Waals surface area contributed by atoms with Gasteiger partial charge < -0.3 is 15.5 Å². The molecule has 1 fully saturated rings. The minimum atomic E-state index is -0.494. The molecule has 1 aliphatic heterocycles. The zero-order valence-corrected chi connectivity index (χ0v) is 15.2. The Morgan fingerprint density at radius 1 is 1.12 bits per heavy atom. The molecule has 3 heterocycles. The van der Waals surface area contributed by atoms with E-state index in [1.54, 1.807) is 17.7 Å². The normalized spacial score (nSPS) is 16.0. The zero-order chi connectivity index (χ0) is 17.9. The summed E-state index contributed by atoms with van der Waals surface area (Å²) in [5.41, 5.74) is 8.23. The summed E-state index contributed by atoms with van der Waals surface area (Å²) < 4.78 is 1.10. The van der Waals surface area contributed by atoms with Crippen molar-refractivity contribution in [1.29, 1.82) is 0 Å². The molecule has 1 saturated heterocycles. The van der Waals surface area contributed by atoms with Gasteiger partial charge in [0.1, 0.15) is 12.1 Å². The summed E-state index contributed by atoms with van der Waals surface area (Å²) in [7, 11) is 0. The maximum atomic E-state index is 12.7. The number of carbonyl (C=O) groups excluding carboxylic acids is 1. The summed E-state index contributed by atoms with van der Waals surface area (Å²) >= 11 is 1.65. The quantitative estimate of drug-likeness (QED) is 0.762. The number of aromatic nitrogens is 2. The van der Waals surface area contributed by atoms with Gasteiger partial charge in [-0.3, -0.25) is 4.79 Å². The van der Waals surface area contributed by atoms with Crippen molar-refractivity contribution in [1.82, 2.24) is 14.9 Å². The van der Waals surface area contributed by atoms with E-state index in [1.165, 1.54) is 0 Å². The van der Waals surface area contributed by atoms with E-state index in [2.05, 4.69) is 14.9 Å². The Balaban J connectivity index is 1.38. The first-order valence-electron chi connectivity index (χ1n) is 8.74. The van der Waals surface area contributed by atoms with Gasteiger partial charge in [0.25, 0.3) is 0 Å². The molecule has 0 saturated carbocycles. The SMILES string of the molecule is NC(Cc1ccccc1)C(=O)N1CCN(c2ncnc3ccsc23)CC1. The Morgan fingerprint density at radius 3 is 2.65 bits per heavy atom.